The van der Waals surface area contributed by atoms with E-state index >= 15 is 0 Å². The zero-order chi connectivity index (χ0) is 13.3. The first-order chi connectivity index (χ1) is 8.49. The van der Waals surface area contributed by atoms with Crippen LogP contribution in [0.25, 0.3) is 0 Å². The summed E-state index contributed by atoms with van der Waals surface area (Å²) >= 11 is 0. The van der Waals surface area contributed by atoms with Gasteiger partial charge in [-0.1, -0.05) is 20.3 Å². The van der Waals surface area contributed by atoms with Crippen LogP contribution < -0.4 is 0 Å². The van der Waals surface area contributed by atoms with Crippen LogP contribution in [-0.2, 0) is 4.79 Å². The van der Waals surface area contributed by atoms with Crippen LogP contribution in [0.5, 0.6) is 0 Å². The number of carbonyl (C=O) groups is 1. The zero-order valence-electron chi connectivity index (χ0n) is 12.4. The van der Waals surface area contributed by atoms with Crippen molar-refractivity contribution >= 4 is 5.91 Å². The Hall–Kier alpha value is -0.570. The number of amides is 1. The molecule has 1 saturated heterocycles. The first-order valence-electron chi connectivity index (χ1n) is 7.43. The molecule has 18 heavy (non-hydrogen) atoms. The van der Waals surface area contributed by atoms with Gasteiger partial charge in [0.1, 0.15) is 0 Å². The van der Waals surface area contributed by atoms with Crippen molar-refractivity contribution < 1.29 is 4.79 Å². The number of rotatable bonds is 4. The molecule has 1 heterocycles. The van der Waals surface area contributed by atoms with Crippen LogP contribution in [-0.4, -0.2) is 48.9 Å². The number of likely N-dealkylation sites (tertiary alicyclic amines) is 1. The molecule has 2 aliphatic rings. The lowest BCUT2D eigenvalue weighted by atomic mass is 9.83. The van der Waals surface area contributed by atoms with E-state index in [0.717, 1.165) is 19.5 Å². The highest BCUT2D eigenvalue weighted by Gasteiger charge is 2.38. The van der Waals surface area contributed by atoms with E-state index in [-0.39, 0.29) is 0 Å². The SMILES string of the molecule is CC(C)[C@H]1CN(C(=O)CC2CCC2)C[C@@H]1N(C)C. The molecule has 0 aromatic rings. The van der Waals surface area contributed by atoms with E-state index in [0.29, 0.717) is 29.7 Å². The Kier molecular flexibility index (Phi) is 4.31. The van der Waals surface area contributed by atoms with Crippen LogP contribution in [0.4, 0.5) is 0 Å². The average molecular weight is 252 g/mol. The van der Waals surface area contributed by atoms with Gasteiger partial charge in [0.2, 0.25) is 5.91 Å². The van der Waals surface area contributed by atoms with Gasteiger partial charge < -0.3 is 9.80 Å². The molecule has 1 aliphatic carbocycles. The van der Waals surface area contributed by atoms with Crippen molar-refractivity contribution in [3.63, 3.8) is 0 Å². The van der Waals surface area contributed by atoms with Crippen molar-refractivity contribution in [1.29, 1.82) is 0 Å². The third-order valence-electron chi connectivity index (χ3n) is 4.89. The molecule has 0 bridgehead atoms. The zero-order valence-corrected chi connectivity index (χ0v) is 12.4. The molecule has 0 spiro atoms. The van der Waals surface area contributed by atoms with Crippen molar-refractivity contribution in [2.24, 2.45) is 17.8 Å². The lowest BCUT2D eigenvalue weighted by molar-refractivity contribution is -0.132. The molecule has 1 amide bonds. The molecule has 0 radical (unpaired) electrons. The van der Waals surface area contributed by atoms with Gasteiger partial charge in [0.15, 0.2) is 0 Å². The summed E-state index contributed by atoms with van der Waals surface area (Å²) in [7, 11) is 4.28. The molecule has 3 nitrogen and oxygen atoms in total. The number of nitrogens with zero attached hydrogens (tertiary/aromatic N) is 2. The number of carbonyl (C=O) groups excluding carboxylic acids is 1. The van der Waals surface area contributed by atoms with E-state index in [4.69, 9.17) is 0 Å². The van der Waals surface area contributed by atoms with E-state index in [1.807, 2.05) is 0 Å². The van der Waals surface area contributed by atoms with Crippen molar-refractivity contribution in [2.45, 2.75) is 45.6 Å². The fourth-order valence-corrected chi connectivity index (χ4v) is 3.29. The molecule has 2 rings (SSSR count). The maximum Gasteiger partial charge on any atom is 0.222 e. The third-order valence-corrected chi connectivity index (χ3v) is 4.89. The summed E-state index contributed by atoms with van der Waals surface area (Å²) in [6.45, 7) is 6.45. The predicted octanol–water partition coefficient (Wildman–Crippen LogP) is 2.22. The maximum absolute atomic E-state index is 12.3. The molecule has 0 aromatic heterocycles. The van der Waals surface area contributed by atoms with Crippen LogP contribution >= 0.6 is 0 Å². The first-order valence-corrected chi connectivity index (χ1v) is 7.43. The molecule has 2 atom stereocenters. The summed E-state index contributed by atoms with van der Waals surface area (Å²) < 4.78 is 0. The Balaban J connectivity index is 1.92. The molecule has 104 valence electrons. The van der Waals surface area contributed by atoms with Gasteiger partial charge in [-0.25, -0.2) is 0 Å². The smallest absolute Gasteiger partial charge is 0.222 e. The van der Waals surface area contributed by atoms with Crippen LogP contribution in [0.3, 0.4) is 0 Å². The maximum atomic E-state index is 12.3. The second-order valence-corrected chi connectivity index (χ2v) is 6.74. The molecule has 0 N–H and O–H groups in total. The molecular formula is C15H28N2O. The molecule has 3 heteroatoms. The largest absolute Gasteiger partial charge is 0.341 e. The monoisotopic (exact) mass is 252 g/mol. The topological polar surface area (TPSA) is 23.6 Å². The third kappa shape index (κ3) is 2.87. The molecule has 2 fully saturated rings. The molecule has 1 saturated carbocycles. The molecule has 0 unspecified atom stereocenters. The summed E-state index contributed by atoms with van der Waals surface area (Å²) in [5, 5.41) is 0. The summed E-state index contributed by atoms with van der Waals surface area (Å²) in [6.07, 6.45) is 4.66. The fourth-order valence-electron chi connectivity index (χ4n) is 3.29. The van der Waals surface area contributed by atoms with Gasteiger partial charge in [0.25, 0.3) is 0 Å². The second-order valence-electron chi connectivity index (χ2n) is 6.74. The van der Waals surface area contributed by atoms with Crippen LogP contribution in [0, 0.1) is 17.8 Å². The van der Waals surface area contributed by atoms with E-state index in [2.05, 4.69) is 37.7 Å². The molecule has 1 aliphatic heterocycles. The van der Waals surface area contributed by atoms with Gasteiger partial charge in [-0.3, -0.25) is 4.79 Å². The van der Waals surface area contributed by atoms with Gasteiger partial charge in [-0.05, 0) is 44.7 Å². The number of hydrogen-bond donors (Lipinski definition) is 0. The minimum atomic E-state index is 0.398. The minimum absolute atomic E-state index is 0.398. The summed E-state index contributed by atoms with van der Waals surface area (Å²) in [5.74, 6) is 2.37. The standard InChI is InChI=1S/C15H28N2O/c1-11(2)13-9-17(10-14(13)16(3)4)15(18)8-12-6-5-7-12/h11-14H,5-10H2,1-4H3/t13-,14+/m1/s1. The Morgan fingerprint density at radius 1 is 1.28 bits per heavy atom. The first kappa shape index (κ1) is 13.9. The van der Waals surface area contributed by atoms with Gasteiger partial charge in [0, 0.05) is 25.6 Å². The van der Waals surface area contributed by atoms with Gasteiger partial charge in [-0.2, -0.15) is 0 Å². The fraction of sp³-hybridized carbons (Fsp3) is 0.933. The quantitative estimate of drug-likeness (QED) is 0.766. The normalized spacial score (nSPS) is 29.1. The Labute approximate surface area is 112 Å². The average Bonchev–Trinajstić information content (AvgIpc) is 2.68. The van der Waals surface area contributed by atoms with Gasteiger partial charge in [-0.15, -0.1) is 0 Å². The summed E-state index contributed by atoms with van der Waals surface area (Å²) in [6, 6.07) is 0.537. The summed E-state index contributed by atoms with van der Waals surface area (Å²) in [5.41, 5.74) is 0. The van der Waals surface area contributed by atoms with Crippen LogP contribution in [0.1, 0.15) is 39.5 Å². The Morgan fingerprint density at radius 3 is 2.33 bits per heavy atom. The van der Waals surface area contributed by atoms with E-state index in [9.17, 15) is 4.79 Å². The Bertz CT molecular complexity index is 281. The predicted molar refractivity (Wildman–Crippen MR) is 74.3 cm³/mol. The van der Waals surface area contributed by atoms with Crippen LogP contribution in [0.15, 0.2) is 0 Å². The minimum Gasteiger partial charge on any atom is -0.341 e. The number of likely N-dealkylation sites (N-methyl/N-ethyl adjacent to an activating group) is 1. The van der Waals surface area contributed by atoms with Crippen molar-refractivity contribution in [3.05, 3.63) is 0 Å². The summed E-state index contributed by atoms with van der Waals surface area (Å²) in [4.78, 5) is 16.7. The molecular weight excluding hydrogens is 224 g/mol. The highest BCUT2D eigenvalue weighted by Crippen LogP contribution is 2.32. The van der Waals surface area contributed by atoms with E-state index in [1.54, 1.807) is 0 Å². The van der Waals surface area contributed by atoms with E-state index in [1.165, 1.54) is 19.3 Å². The highest BCUT2D eigenvalue weighted by molar-refractivity contribution is 5.77. The van der Waals surface area contributed by atoms with E-state index < -0.39 is 0 Å². The lowest BCUT2D eigenvalue weighted by Gasteiger charge is -2.27. The van der Waals surface area contributed by atoms with Crippen molar-refractivity contribution in [1.82, 2.24) is 9.80 Å². The van der Waals surface area contributed by atoms with Crippen LogP contribution in [0.2, 0.25) is 0 Å². The van der Waals surface area contributed by atoms with Gasteiger partial charge in [0.05, 0.1) is 0 Å². The van der Waals surface area contributed by atoms with Crippen molar-refractivity contribution in [2.75, 3.05) is 27.2 Å². The highest BCUT2D eigenvalue weighted by atomic mass is 16.2. The molecule has 0 aromatic carbocycles. The second kappa shape index (κ2) is 5.60. The van der Waals surface area contributed by atoms with Gasteiger partial charge >= 0.3 is 0 Å². The Morgan fingerprint density at radius 2 is 1.94 bits per heavy atom. The number of hydrogen-bond acceptors (Lipinski definition) is 2. The lowest BCUT2D eigenvalue weighted by Crippen LogP contribution is -2.38. The van der Waals surface area contributed by atoms with Crippen molar-refractivity contribution in [3.8, 4) is 0 Å².